The zero-order valence-corrected chi connectivity index (χ0v) is 16.7. The number of halogens is 1. The van der Waals surface area contributed by atoms with E-state index in [1.807, 2.05) is 54.6 Å². The predicted octanol–water partition coefficient (Wildman–Crippen LogP) is 5.19. The van der Waals surface area contributed by atoms with Crippen molar-refractivity contribution in [1.29, 1.82) is 0 Å². The topological polar surface area (TPSA) is 55.4 Å². The zero-order chi connectivity index (χ0) is 19.7. The average molecular weight is 412 g/mol. The van der Waals surface area contributed by atoms with Crippen molar-refractivity contribution in [2.45, 2.75) is 6.61 Å². The highest BCUT2D eigenvalue weighted by molar-refractivity contribution is 7.92. The highest BCUT2D eigenvalue weighted by atomic mass is 35.5. The Labute approximate surface area is 169 Å². The lowest BCUT2D eigenvalue weighted by Gasteiger charge is -2.11. The van der Waals surface area contributed by atoms with Gasteiger partial charge in [-0.1, -0.05) is 48.0 Å². The first-order valence-electron chi connectivity index (χ1n) is 8.70. The van der Waals surface area contributed by atoms with Gasteiger partial charge in [0, 0.05) is 16.3 Å². The molecule has 1 aliphatic heterocycles. The number of nitrogens with one attached hydrogen (secondary N) is 1. The summed E-state index contributed by atoms with van der Waals surface area (Å²) in [5, 5.41) is 0.614. The van der Waals surface area contributed by atoms with E-state index in [9.17, 15) is 8.42 Å². The molecule has 0 unspecified atom stereocenters. The first-order chi connectivity index (χ1) is 13.4. The van der Waals surface area contributed by atoms with Crippen LogP contribution in [0.5, 0.6) is 5.75 Å². The molecule has 0 aromatic heterocycles. The minimum absolute atomic E-state index is 0.455. The summed E-state index contributed by atoms with van der Waals surface area (Å²) in [6.07, 6.45) is 3.17. The van der Waals surface area contributed by atoms with Crippen molar-refractivity contribution in [2.24, 2.45) is 0 Å². The van der Waals surface area contributed by atoms with E-state index in [2.05, 4.69) is 10.8 Å². The van der Waals surface area contributed by atoms with Crippen molar-refractivity contribution < 1.29 is 13.2 Å². The summed E-state index contributed by atoms with van der Waals surface area (Å²) < 4.78 is 31.6. The molecule has 0 saturated heterocycles. The summed E-state index contributed by atoms with van der Waals surface area (Å²) >= 11 is 6.17. The molecule has 1 heterocycles. The summed E-state index contributed by atoms with van der Waals surface area (Å²) in [6, 6.07) is 21.0. The molecule has 0 bridgehead atoms. The van der Waals surface area contributed by atoms with Gasteiger partial charge in [0.25, 0.3) is 0 Å². The highest BCUT2D eigenvalue weighted by Crippen LogP contribution is 2.39. The first-order valence-corrected chi connectivity index (χ1v) is 11.0. The summed E-state index contributed by atoms with van der Waals surface area (Å²) in [5.41, 5.74) is 5.48. The maximum Gasteiger partial charge on any atom is 0.229 e. The van der Waals surface area contributed by atoms with Crippen LogP contribution >= 0.6 is 11.6 Å². The van der Waals surface area contributed by atoms with E-state index < -0.39 is 10.0 Å². The van der Waals surface area contributed by atoms with Gasteiger partial charge in [0.1, 0.15) is 12.4 Å². The van der Waals surface area contributed by atoms with Crippen molar-refractivity contribution in [2.75, 3.05) is 11.0 Å². The molecule has 0 amide bonds. The Kier molecular flexibility index (Phi) is 4.87. The highest BCUT2D eigenvalue weighted by Gasteiger charge is 2.19. The van der Waals surface area contributed by atoms with Gasteiger partial charge in [0.05, 0.1) is 6.26 Å². The summed E-state index contributed by atoms with van der Waals surface area (Å²) in [4.78, 5) is 0. The standard InChI is InChI=1S/C22H18ClNO3S/c1-28(25,26)24-18-7-4-5-15(11-18)12-21-19-8-3-2-6-16(19)14-27-22-13-17(23)9-10-20(21)22/h2-13,24H,14H2,1H3/b21-12+. The number of anilines is 1. The lowest BCUT2D eigenvalue weighted by atomic mass is 9.92. The minimum Gasteiger partial charge on any atom is -0.488 e. The minimum atomic E-state index is -3.34. The third-order valence-electron chi connectivity index (χ3n) is 4.43. The van der Waals surface area contributed by atoms with E-state index in [-0.39, 0.29) is 0 Å². The van der Waals surface area contributed by atoms with Gasteiger partial charge >= 0.3 is 0 Å². The van der Waals surface area contributed by atoms with Crippen LogP contribution in [0.2, 0.25) is 5.02 Å². The number of ether oxygens (including phenoxy) is 1. The number of fused-ring (bicyclic) bond motifs is 2. The van der Waals surface area contributed by atoms with Gasteiger partial charge in [-0.3, -0.25) is 4.72 Å². The lowest BCUT2D eigenvalue weighted by molar-refractivity contribution is 0.307. The molecule has 4 rings (SSSR count). The smallest absolute Gasteiger partial charge is 0.229 e. The second-order valence-corrected chi connectivity index (χ2v) is 8.83. The van der Waals surface area contributed by atoms with E-state index in [4.69, 9.17) is 16.3 Å². The molecule has 0 fully saturated rings. The fourth-order valence-corrected chi connectivity index (χ4v) is 3.99. The molecule has 0 aliphatic carbocycles. The molecule has 6 heteroatoms. The Morgan fingerprint density at radius 1 is 1.00 bits per heavy atom. The molecule has 1 aliphatic rings. The molecule has 4 nitrogen and oxygen atoms in total. The van der Waals surface area contributed by atoms with Crippen LogP contribution in [0.25, 0.3) is 11.6 Å². The summed E-state index contributed by atoms with van der Waals surface area (Å²) in [6.45, 7) is 0.455. The van der Waals surface area contributed by atoms with Crippen LogP contribution in [0.3, 0.4) is 0 Å². The van der Waals surface area contributed by atoms with Gasteiger partial charge in [-0.25, -0.2) is 8.42 Å². The maximum atomic E-state index is 11.6. The molecule has 0 atom stereocenters. The Bertz CT molecular complexity index is 1190. The molecule has 3 aromatic rings. The third kappa shape index (κ3) is 4.06. The van der Waals surface area contributed by atoms with Crippen LogP contribution in [0, 0.1) is 0 Å². The molecule has 0 radical (unpaired) electrons. The van der Waals surface area contributed by atoms with Crippen LogP contribution in [-0.4, -0.2) is 14.7 Å². The normalized spacial score (nSPS) is 14.6. The maximum absolute atomic E-state index is 11.6. The van der Waals surface area contributed by atoms with E-state index >= 15 is 0 Å². The Balaban J connectivity index is 1.88. The second-order valence-electron chi connectivity index (χ2n) is 6.64. The van der Waals surface area contributed by atoms with Gasteiger partial charge < -0.3 is 4.74 Å². The molecule has 142 valence electrons. The SMILES string of the molecule is CS(=O)(=O)Nc1cccc(/C=C2\c3ccccc3COc3cc(Cl)ccc32)c1. The first kappa shape index (κ1) is 18.6. The Morgan fingerprint density at radius 2 is 1.82 bits per heavy atom. The Hall–Kier alpha value is -2.76. The average Bonchev–Trinajstić information content (AvgIpc) is 2.78. The monoisotopic (exact) mass is 411 g/mol. The predicted molar refractivity (Wildman–Crippen MR) is 114 cm³/mol. The van der Waals surface area contributed by atoms with Crippen LogP contribution < -0.4 is 9.46 Å². The van der Waals surface area contributed by atoms with Gasteiger partial charge in [-0.15, -0.1) is 0 Å². The summed E-state index contributed by atoms with van der Waals surface area (Å²) in [5.74, 6) is 0.723. The van der Waals surface area contributed by atoms with Crippen LogP contribution in [0.1, 0.15) is 22.3 Å². The lowest BCUT2D eigenvalue weighted by Crippen LogP contribution is -2.09. The van der Waals surface area contributed by atoms with E-state index in [1.165, 1.54) is 0 Å². The molecule has 0 spiro atoms. The molecular formula is C22H18ClNO3S. The van der Waals surface area contributed by atoms with Crippen LogP contribution in [0.4, 0.5) is 5.69 Å². The molecule has 3 aromatic carbocycles. The fourth-order valence-electron chi connectivity index (χ4n) is 3.28. The Morgan fingerprint density at radius 3 is 2.64 bits per heavy atom. The van der Waals surface area contributed by atoms with Gasteiger partial charge in [-0.05, 0) is 58.7 Å². The number of rotatable bonds is 3. The quantitative estimate of drug-likeness (QED) is 0.645. The van der Waals surface area contributed by atoms with Crippen molar-refractivity contribution in [3.8, 4) is 5.75 Å². The van der Waals surface area contributed by atoms with E-state index in [0.717, 1.165) is 39.8 Å². The van der Waals surface area contributed by atoms with Crippen molar-refractivity contribution in [3.05, 3.63) is 94.0 Å². The number of hydrogen-bond acceptors (Lipinski definition) is 3. The third-order valence-corrected chi connectivity index (χ3v) is 5.27. The van der Waals surface area contributed by atoms with Crippen molar-refractivity contribution >= 4 is 39.0 Å². The molecular weight excluding hydrogens is 394 g/mol. The van der Waals surface area contributed by atoms with Crippen molar-refractivity contribution in [1.82, 2.24) is 0 Å². The van der Waals surface area contributed by atoms with Gasteiger partial charge in [0.15, 0.2) is 0 Å². The van der Waals surface area contributed by atoms with E-state index in [1.54, 1.807) is 12.1 Å². The number of benzene rings is 3. The molecule has 0 saturated carbocycles. The van der Waals surface area contributed by atoms with Crippen molar-refractivity contribution in [3.63, 3.8) is 0 Å². The molecule has 1 N–H and O–H groups in total. The van der Waals surface area contributed by atoms with Gasteiger partial charge in [0.2, 0.25) is 10.0 Å². The second kappa shape index (κ2) is 7.34. The van der Waals surface area contributed by atoms with Gasteiger partial charge in [-0.2, -0.15) is 0 Å². The van der Waals surface area contributed by atoms with Crippen LogP contribution in [0.15, 0.2) is 66.7 Å². The molecule has 28 heavy (non-hydrogen) atoms. The largest absolute Gasteiger partial charge is 0.488 e. The summed E-state index contributed by atoms with van der Waals surface area (Å²) in [7, 11) is -3.34. The number of sulfonamides is 1. The zero-order valence-electron chi connectivity index (χ0n) is 15.1. The number of hydrogen-bond donors (Lipinski definition) is 1. The fraction of sp³-hybridized carbons (Fsp3) is 0.0909. The van der Waals surface area contributed by atoms with Crippen LogP contribution in [-0.2, 0) is 16.6 Å². The van der Waals surface area contributed by atoms with E-state index in [0.29, 0.717) is 17.3 Å².